The molecule has 2 fully saturated rings. The SMILES string of the molecule is Cc1nc(CN2CCCCC2)cc(CN2CCCCC2)c1O. The number of nitrogens with zero attached hydrogens (tertiary/aromatic N) is 3. The fraction of sp³-hybridized carbons (Fsp3) is 0.722. The molecule has 0 aromatic carbocycles. The van der Waals surface area contributed by atoms with E-state index < -0.39 is 0 Å². The minimum absolute atomic E-state index is 0.396. The normalized spacial score (nSPS) is 21.1. The van der Waals surface area contributed by atoms with Crippen molar-refractivity contribution in [2.24, 2.45) is 0 Å². The number of aryl methyl sites for hydroxylation is 1. The predicted molar refractivity (Wildman–Crippen MR) is 88.9 cm³/mol. The molecule has 22 heavy (non-hydrogen) atoms. The van der Waals surface area contributed by atoms with Gasteiger partial charge in [0.25, 0.3) is 0 Å². The monoisotopic (exact) mass is 303 g/mol. The summed E-state index contributed by atoms with van der Waals surface area (Å²) < 4.78 is 0. The molecule has 2 aliphatic rings. The Labute approximate surface area is 134 Å². The zero-order chi connectivity index (χ0) is 15.4. The third-order valence-corrected chi connectivity index (χ3v) is 4.98. The van der Waals surface area contributed by atoms with Crippen molar-refractivity contribution in [3.05, 3.63) is 23.0 Å². The number of likely N-dealkylation sites (tertiary alicyclic amines) is 2. The summed E-state index contributed by atoms with van der Waals surface area (Å²) in [4.78, 5) is 9.56. The van der Waals surface area contributed by atoms with Gasteiger partial charge in [0, 0.05) is 18.7 Å². The van der Waals surface area contributed by atoms with E-state index >= 15 is 0 Å². The Morgan fingerprint density at radius 3 is 2.05 bits per heavy atom. The fourth-order valence-corrected chi connectivity index (χ4v) is 3.71. The molecule has 0 unspecified atom stereocenters. The van der Waals surface area contributed by atoms with E-state index in [0.29, 0.717) is 5.75 Å². The molecule has 1 aromatic heterocycles. The van der Waals surface area contributed by atoms with E-state index in [2.05, 4.69) is 20.9 Å². The van der Waals surface area contributed by atoms with Gasteiger partial charge in [0.15, 0.2) is 0 Å². The summed E-state index contributed by atoms with van der Waals surface area (Å²) in [6.45, 7) is 8.39. The number of hydrogen-bond donors (Lipinski definition) is 1. The summed E-state index contributed by atoms with van der Waals surface area (Å²) in [5.74, 6) is 0.396. The number of piperidine rings is 2. The van der Waals surface area contributed by atoms with Crippen LogP contribution in [0.15, 0.2) is 6.07 Å². The maximum Gasteiger partial charge on any atom is 0.141 e. The van der Waals surface area contributed by atoms with Crippen molar-refractivity contribution in [3.8, 4) is 5.75 Å². The van der Waals surface area contributed by atoms with Gasteiger partial charge in [-0.05, 0) is 64.9 Å². The molecule has 3 rings (SSSR count). The van der Waals surface area contributed by atoms with Crippen LogP contribution < -0.4 is 0 Å². The van der Waals surface area contributed by atoms with Crippen molar-refractivity contribution < 1.29 is 5.11 Å². The second-order valence-electron chi connectivity index (χ2n) is 6.88. The molecule has 2 aliphatic heterocycles. The van der Waals surface area contributed by atoms with Crippen LogP contribution in [0.1, 0.15) is 55.5 Å². The smallest absolute Gasteiger partial charge is 0.141 e. The highest BCUT2D eigenvalue weighted by Crippen LogP contribution is 2.25. The van der Waals surface area contributed by atoms with Crippen LogP contribution in [0.5, 0.6) is 5.75 Å². The number of pyridine rings is 1. The average molecular weight is 303 g/mol. The molecule has 1 aromatic rings. The third-order valence-electron chi connectivity index (χ3n) is 4.98. The Hall–Kier alpha value is -1.13. The summed E-state index contributed by atoms with van der Waals surface area (Å²) in [5, 5.41) is 10.4. The maximum absolute atomic E-state index is 10.4. The van der Waals surface area contributed by atoms with Gasteiger partial charge in [0.1, 0.15) is 5.75 Å². The predicted octanol–water partition coefficient (Wildman–Crippen LogP) is 3.07. The molecule has 0 radical (unpaired) electrons. The van der Waals surface area contributed by atoms with Crippen LogP contribution in [0, 0.1) is 6.92 Å². The molecule has 122 valence electrons. The van der Waals surface area contributed by atoms with Gasteiger partial charge < -0.3 is 5.11 Å². The molecule has 4 nitrogen and oxygen atoms in total. The van der Waals surface area contributed by atoms with Gasteiger partial charge in [0.05, 0.1) is 11.4 Å². The molecule has 0 bridgehead atoms. The lowest BCUT2D eigenvalue weighted by Gasteiger charge is -2.28. The molecule has 0 amide bonds. The van der Waals surface area contributed by atoms with Crippen molar-refractivity contribution in [1.29, 1.82) is 0 Å². The maximum atomic E-state index is 10.4. The Morgan fingerprint density at radius 1 is 0.909 bits per heavy atom. The van der Waals surface area contributed by atoms with E-state index in [1.54, 1.807) is 0 Å². The first-order valence-corrected chi connectivity index (χ1v) is 8.85. The van der Waals surface area contributed by atoms with Crippen LogP contribution in [0.3, 0.4) is 0 Å². The van der Waals surface area contributed by atoms with Gasteiger partial charge in [-0.1, -0.05) is 12.8 Å². The average Bonchev–Trinajstić information content (AvgIpc) is 2.54. The lowest BCUT2D eigenvalue weighted by molar-refractivity contribution is 0.214. The molecule has 4 heteroatoms. The van der Waals surface area contributed by atoms with E-state index in [9.17, 15) is 5.11 Å². The van der Waals surface area contributed by atoms with Crippen molar-refractivity contribution >= 4 is 0 Å². The van der Waals surface area contributed by atoms with Crippen molar-refractivity contribution in [1.82, 2.24) is 14.8 Å². The van der Waals surface area contributed by atoms with Crippen LogP contribution in [-0.2, 0) is 13.1 Å². The van der Waals surface area contributed by atoms with Crippen LogP contribution in [0.2, 0.25) is 0 Å². The number of aromatic hydroxyl groups is 1. The number of rotatable bonds is 4. The van der Waals surface area contributed by atoms with Crippen LogP contribution in [0.25, 0.3) is 0 Å². The van der Waals surface area contributed by atoms with Gasteiger partial charge >= 0.3 is 0 Å². The van der Waals surface area contributed by atoms with Crippen molar-refractivity contribution in [3.63, 3.8) is 0 Å². The molecular weight excluding hydrogens is 274 g/mol. The zero-order valence-electron chi connectivity index (χ0n) is 13.9. The molecule has 2 saturated heterocycles. The zero-order valence-corrected chi connectivity index (χ0v) is 13.9. The first kappa shape index (κ1) is 15.8. The Kier molecular flexibility index (Phi) is 5.32. The van der Waals surface area contributed by atoms with Crippen LogP contribution in [0.4, 0.5) is 0 Å². The largest absolute Gasteiger partial charge is 0.506 e. The van der Waals surface area contributed by atoms with Crippen LogP contribution >= 0.6 is 0 Å². The van der Waals surface area contributed by atoms with Gasteiger partial charge in [0.2, 0.25) is 0 Å². The fourth-order valence-electron chi connectivity index (χ4n) is 3.71. The first-order valence-electron chi connectivity index (χ1n) is 8.85. The van der Waals surface area contributed by atoms with Crippen molar-refractivity contribution in [2.75, 3.05) is 26.2 Å². The highest BCUT2D eigenvalue weighted by Gasteiger charge is 2.17. The van der Waals surface area contributed by atoms with Crippen LogP contribution in [-0.4, -0.2) is 46.1 Å². The van der Waals surface area contributed by atoms with E-state index in [0.717, 1.165) is 43.1 Å². The molecule has 0 saturated carbocycles. The Bertz CT molecular complexity index is 491. The minimum Gasteiger partial charge on any atom is -0.506 e. The van der Waals surface area contributed by atoms with E-state index in [-0.39, 0.29) is 0 Å². The van der Waals surface area contributed by atoms with Gasteiger partial charge in [-0.2, -0.15) is 0 Å². The second-order valence-corrected chi connectivity index (χ2v) is 6.88. The summed E-state index contributed by atoms with van der Waals surface area (Å²) in [5.41, 5.74) is 2.95. The van der Waals surface area contributed by atoms with E-state index in [1.807, 2.05) is 6.92 Å². The standard InChI is InChI=1S/C18H29N3O/c1-15-18(22)16(13-20-8-4-2-5-9-20)12-17(19-15)14-21-10-6-3-7-11-21/h12,22H,2-11,13-14H2,1H3. The first-order chi connectivity index (χ1) is 10.7. The topological polar surface area (TPSA) is 39.6 Å². The van der Waals surface area contributed by atoms with E-state index in [1.165, 1.54) is 51.6 Å². The van der Waals surface area contributed by atoms with Gasteiger partial charge in [-0.25, -0.2) is 0 Å². The lowest BCUT2D eigenvalue weighted by atomic mass is 10.1. The number of hydrogen-bond acceptors (Lipinski definition) is 4. The summed E-state index contributed by atoms with van der Waals surface area (Å²) in [6.07, 6.45) is 7.88. The van der Waals surface area contributed by atoms with Gasteiger partial charge in [-0.3, -0.25) is 14.8 Å². The molecule has 3 heterocycles. The quantitative estimate of drug-likeness (QED) is 0.928. The van der Waals surface area contributed by atoms with Crippen molar-refractivity contribution in [2.45, 2.75) is 58.5 Å². The highest BCUT2D eigenvalue weighted by molar-refractivity contribution is 5.37. The molecule has 1 N–H and O–H groups in total. The van der Waals surface area contributed by atoms with Gasteiger partial charge in [-0.15, -0.1) is 0 Å². The van der Waals surface area contributed by atoms with E-state index in [4.69, 9.17) is 0 Å². The molecule has 0 aliphatic carbocycles. The number of aromatic nitrogens is 1. The second kappa shape index (κ2) is 7.42. The highest BCUT2D eigenvalue weighted by atomic mass is 16.3. The minimum atomic E-state index is 0.396. The third kappa shape index (κ3) is 3.99. The molecule has 0 atom stereocenters. The molecular formula is C18H29N3O. The lowest BCUT2D eigenvalue weighted by Crippen LogP contribution is -2.30. The molecule has 0 spiro atoms. The summed E-state index contributed by atoms with van der Waals surface area (Å²) in [6, 6.07) is 2.13. The summed E-state index contributed by atoms with van der Waals surface area (Å²) in [7, 11) is 0. The summed E-state index contributed by atoms with van der Waals surface area (Å²) >= 11 is 0. The Morgan fingerprint density at radius 2 is 1.45 bits per heavy atom. The Balaban J connectivity index is 1.70.